The minimum absolute atomic E-state index is 0.131. The van der Waals surface area contributed by atoms with Crippen molar-refractivity contribution in [1.29, 1.82) is 0 Å². The fourth-order valence-corrected chi connectivity index (χ4v) is 3.10. The highest BCUT2D eigenvalue weighted by Gasteiger charge is 2.51. The summed E-state index contributed by atoms with van der Waals surface area (Å²) >= 11 is 0. The Hall–Kier alpha value is -1.42. The van der Waals surface area contributed by atoms with Crippen LogP contribution in [0.2, 0.25) is 0 Å². The number of carbonyl (C=O) groups is 1. The first-order valence-electron chi connectivity index (χ1n) is 8.10. The van der Waals surface area contributed by atoms with E-state index in [0.717, 1.165) is 30.6 Å². The molecule has 2 aliphatic rings. The zero-order valence-corrected chi connectivity index (χ0v) is 14.0. The number of anilines is 1. The minimum Gasteiger partial charge on any atom is -0.330 e. The number of aryl methyl sites for hydroxylation is 1. The van der Waals surface area contributed by atoms with Crippen LogP contribution in [-0.4, -0.2) is 17.4 Å². The van der Waals surface area contributed by atoms with Crippen LogP contribution in [0, 0.1) is 18.3 Å². The maximum atomic E-state index is 12.1. The second-order valence-corrected chi connectivity index (χ2v) is 5.44. The lowest BCUT2D eigenvalue weighted by molar-refractivity contribution is -0.134. The number of rotatable bonds is 1. The Morgan fingerprint density at radius 2 is 1.95 bits per heavy atom. The number of nitrogens with zero attached hydrogens (tertiary/aromatic N) is 1. The summed E-state index contributed by atoms with van der Waals surface area (Å²) in [5.41, 5.74) is 7.75. The largest absolute Gasteiger partial charge is 0.330 e. The Morgan fingerprint density at radius 3 is 2.52 bits per heavy atom. The molecular weight excluding hydrogens is 262 g/mol. The maximum absolute atomic E-state index is 12.1. The maximum Gasteiger partial charge on any atom is 0.232 e. The lowest BCUT2D eigenvalue weighted by Gasteiger charge is -2.48. The number of hydrogen-bond donors (Lipinski definition) is 2. The van der Waals surface area contributed by atoms with Crippen molar-refractivity contribution < 1.29 is 4.79 Å². The molecule has 1 fully saturated rings. The summed E-state index contributed by atoms with van der Waals surface area (Å²) in [7, 11) is 0. The molecule has 0 bridgehead atoms. The van der Waals surface area contributed by atoms with Crippen LogP contribution >= 0.6 is 0 Å². The molecule has 118 valence electrons. The van der Waals surface area contributed by atoms with Gasteiger partial charge in [-0.25, -0.2) is 4.98 Å². The van der Waals surface area contributed by atoms with Crippen molar-refractivity contribution in [2.24, 2.45) is 17.1 Å². The topological polar surface area (TPSA) is 68.0 Å². The first-order valence-corrected chi connectivity index (χ1v) is 8.10. The van der Waals surface area contributed by atoms with Gasteiger partial charge in [-0.05, 0) is 49.8 Å². The van der Waals surface area contributed by atoms with Crippen molar-refractivity contribution >= 4 is 11.7 Å². The third kappa shape index (κ3) is 3.43. The molecule has 2 heterocycles. The van der Waals surface area contributed by atoms with Gasteiger partial charge in [0.25, 0.3) is 0 Å². The summed E-state index contributed by atoms with van der Waals surface area (Å²) in [4.78, 5) is 16.4. The molecular formula is C17H29N3O. The van der Waals surface area contributed by atoms with Gasteiger partial charge in [0.1, 0.15) is 5.82 Å². The van der Waals surface area contributed by atoms with Crippen molar-refractivity contribution in [3.8, 4) is 0 Å². The molecule has 0 atom stereocenters. The van der Waals surface area contributed by atoms with Gasteiger partial charge in [0.05, 0.1) is 5.41 Å². The van der Waals surface area contributed by atoms with E-state index in [4.69, 9.17) is 5.73 Å². The molecule has 1 spiro atoms. The Bertz CT molecular complexity index is 479. The lowest BCUT2D eigenvalue weighted by Crippen LogP contribution is -2.52. The van der Waals surface area contributed by atoms with Crippen LogP contribution in [-0.2, 0) is 11.2 Å². The Morgan fingerprint density at radius 1 is 1.33 bits per heavy atom. The van der Waals surface area contributed by atoms with Crippen molar-refractivity contribution in [3.05, 3.63) is 23.4 Å². The molecule has 1 aliphatic heterocycles. The normalized spacial score (nSPS) is 25.4. The number of nitrogens with one attached hydrogen (secondary N) is 1. The number of amides is 1. The average molecular weight is 291 g/mol. The van der Waals surface area contributed by atoms with E-state index in [2.05, 4.69) is 16.4 Å². The van der Waals surface area contributed by atoms with E-state index in [9.17, 15) is 4.79 Å². The van der Waals surface area contributed by atoms with Gasteiger partial charge in [0.15, 0.2) is 0 Å². The quantitative estimate of drug-likeness (QED) is 0.834. The molecule has 1 amide bonds. The molecule has 1 aromatic rings. The van der Waals surface area contributed by atoms with Crippen LogP contribution in [0.25, 0.3) is 0 Å². The summed E-state index contributed by atoms with van der Waals surface area (Å²) in [5, 5.41) is 2.93. The second kappa shape index (κ2) is 7.55. The highest BCUT2D eigenvalue weighted by molar-refractivity contribution is 5.98. The molecule has 0 saturated heterocycles. The van der Waals surface area contributed by atoms with Gasteiger partial charge in [-0.2, -0.15) is 0 Å². The van der Waals surface area contributed by atoms with Gasteiger partial charge in [-0.1, -0.05) is 33.8 Å². The van der Waals surface area contributed by atoms with E-state index < -0.39 is 0 Å². The monoisotopic (exact) mass is 291 g/mol. The zero-order chi connectivity index (χ0) is 16.0. The third-order valence-corrected chi connectivity index (χ3v) is 4.04. The van der Waals surface area contributed by atoms with E-state index >= 15 is 0 Å². The summed E-state index contributed by atoms with van der Waals surface area (Å²) in [5.74, 6) is 1.38. The summed E-state index contributed by atoms with van der Waals surface area (Å²) in [6, 6.07) is 2.12. The van der Waals surface area contributed by atoms with Crippen LogP contribution in [0.5, 0.6) is 0 Å². The van der Waals surface area contributed by atoms with Crippen molar-refractivity contribution in [2.45, 2.75) is 53.9 Å². The Balaban J connectivity index is 0.000000510. The summed E-state index contributed by atoms with van der Waals surface area (Å²) in [6.45, 7) is 10.7. The van der Waals surface area contributed by atoms with Gasteiger partial charge >= 0.3 is 0 Å². The summed E-state index contributed by atoms with van der Waals surface area (Å²) in [6.07, 6.45) is 4.45. The summed E-state index contributed by atoms with van der Waals surface area (Å²) < 4.78 is 0. The molecule has 0 unspecified atom stereocenters. The van der Waals surface area contributed by atoms with Gasteiger partial charge in [-0.3, -0.25) is 4.79 Å². The standard InChI is InChI=1S/C13H17N3O.2C2H6/c1-8-2-10-5-13(3-9(4-13)6-14)12(17)16-11(10)15-7-8;2*1-2/h2,7,9H,3-6,14H2,1H3,(H,15,16,17);2*1-2H3. The van der Waals surface area contributed by atoms with E-state index in [1.165, 1.54) is 5.56 Å². The Kier molecular flexibility index (Phi) is 6.34. The molecule has 4 nitrogen and oxygen atoms in total. The van der Waals surface area contributed by atoms with Crippen molar-refractivity contribution in [1.82, 2.24) is 4.98 Å². The molecule has 0 radical (unpaired) electrons. The SMILES string of the molecule is CC.CC.Cc1cnc2c(c1)CC1(CC(CN)C1)C(=O)N2. The molecule has 1 aliphatic carbocycles. The number of hydrogen-bond acceptors (Lipinski definition) is 3. The number of aromatic nitrogens is 1. The van der Waals surface area contributed by atoms with Gasteiger partial charge in [-0.15, -0.1) is 0 Å². The minimum atomic E-state index is -0.202. The van der Waals surface area contributed by atoms with E-state index in [1.807, 2.05) is 34.6 Å². The molecule has 3 N–H and O–H groups in total. The molecule has 4 heteroatoms. The van der Waals surface area contributed by atoms with Crippen LogP contribution in [0.1, 0.15) is 51.7 Å². The molecule has 1 saturated carbocycles. The van der Waals surface area contributed by atoms with Crippen molar-refractivity contribution in [3.63, 3.8) is 0 Å². The van der Waals surface area contributed by atoms with Crippen LogP contribution < -0.4 is 11.1 Å². The highest BCUT2D eigenvalue weighted by Crippen LogP contribution is 2.50. The molecule has 21 heavy (non-hydrogen) atoms. The number of fused-ring (bicyclic) bond motifs is 1. The molecule has 1 aromatic heterocycles. The predicted molar refractivity (Wildman–Crippen MR) is 88.2 cm³/mol. The van der Waals surface area contributed by atoms with E-state index in [-0.39, 0.29) is 11.3 Å². The molecule has 3 rings (SSSR count). The fraction of sp³-hybridized carbons (Fsp3) is 0.647. The van der Waals surface area contributed by atoms with Crippen LogP contribution in [0.4, 0.5) is 5.82 Å². The highest BCUT2D eigenvalue weighted by atomic mass is 16.2. The number of pyridine rings is 1. The van der Waals surface area contributed by atoms with Gasteiger partial charge < -0.3 is 11.1 Å². The Labute approximate surface area is 128 Å². The zero-order valence-electron chi connectivity index (χ0n) is 14.0. The van der Waals surface area contributed by atoms with E-state index in [0.29, 0.717) is 12.5 Å². The first kappa shape index (κ1) is 17.6. The van der Waals surface area contributed by atoms with Gasteiger partial charge in [0.2, 0.25) is 5.91 Å². The number of carbonyl (C=O) groups excluding carboxylic acids is 1. The smallest absolute Gasteiger partial charge is 0.232 e. The lowest BCUT2D eigenvalue weighted by atomic mass is 9.58. The predicted octanol–water partition coefficient (Wildman–Crippen LogP) is 3.29. The first-order chi connectivity index (χ1) is 10.1. The van der Waals surface area contributed by atoms with Gasteiger partial charge in [0, 0.05) is 6.20 Å². The second-order valence-electron chi connectivity index (χ2n) is 5.44. The van der Waals surface area contributed by atoms with Crippen molar-refractivity contribution in [2.75, 3.05) is 11.9 Å². The average Bonchev–Trinajstić information content (AvgIpc) is 2.49. The number of nitrogens with two attached hydrogens (primary N) is 1. The van der Waals surface area contributed by atoms with E-state index in [1.54, 1.807) is 6.20 Å². The fourth-order valence-electron chi connectivity index (χ4n) is 3.10. The van der Waals surface area contributed by atoms with Crippen LogP contribution in [0.15, 0.2) is 12.3 Å². The third-order valence-electron chi connectivity index (χ3n) is 4.04. The van der Waals surface area contributed by atoms with Crippen LogP contribution in [0.3, 0.4) is 0 Å². The molecule has 0 aromatic carbocycles.